The van der Waals surface area contributed by atoms with Crippen LogP contribution in [0, 0.1) is 12.8 Å². The molecule has 0 saturated heterocycles. The van der Waals surface area contributed by atoms with Crippen molar-refractivity contribution in [1.29, 1.82) is 0 Å². The zero-order valence-electron chi connectivity index (χ0n) is 6.15. The minimum absolute atomic E-state index is 0.766. The van der Waals surface area contributed by atoms with Gasteiger partial charge in [-0.25, -0.2) is 0 Å². The van der Waals surface area contributed by atoms with Gasteiger partial charge in [-0.3, -0.25) is 0 Å². The van der Waals surface area contributed by atoms with E-state index >= 15 is 0 Å². The predicted molar refractivity (Wildman–Crippen MR) is 37.7 cm³/mol. The highest BCUT2D eigenvalue weighted by Crippen LogP contribution is 1.93. The lowest BCUT2D eigenvalue weighted by Gasteiger charge is -2.15. The van der Waals surface area contributed by atoms with Gasteiger partial charge in [-0.1, -0.05) is 13.8 Å². The molecule has 49 valence electrons. The summed E-state index contributed by atoms with van der Waals surface area (Å²) in [4.78, 5) is 2.21. The van der Waals surface area contributed by atoms with E-state index in [1.54, 1.807) is 0 Å². The monoisotopic (exact) mass is 114 g/mol. The van der Waals surface area contributed by atoms with Crippen LogP contribution in [0.3, 0.4) is 0 Å². The highest BCUT2D eigenvalue weighted by Gasteiger charge is 1.96. The van der Waals surface area contributed by atoms with Crippen LogP contribution in [-0.4, -0.2) is 25.0 Å². The van der Waals surface area contributed by atoms with Crippen molar-refractivity contribution >= 4 is 0 Å². The molecule has 0 aromatic carbocycles. The van der Waals surface area contributed by atoms with Crippen LogP contribution >= 0.6 is 0 Å². The van der Waals surface area contributed by atoms with Crippen LogP contribution < -0.4 is 0 Å². The molecule has 0 aromatic heterocycles. The van der Waals surface area contributed by atoms with E-state index < -0.39 is 0 Å². The van der Waals surface area contributed by atoms with E-state index in [9.17, 15) is 0 Å². The van der Waals surface area contributed by atoms with Crippen LogP contribution in [-0.2, 0) is 0 Å². The molecule has 0 amide bonds. The van der Waals surface area contributed by atoms with Gasteiger partial charge in [0.15, 0.2) is 0 Å². The van der Waals surface area contributed by atoms with E-state index in [2.05, 4.69) is 32.7 Å². The summed E-state index contributed by atoms with van der Waals surface area (Å²) < 4.78 is 0. The van der Waals surface area contributed by atoms with E-state index in [1.807, 2.05) is 0 Å². The molecule has 0 fully saturated rings. The molecule has 0 aliphatic carbocycles. The van der Waals surface area contributed by atoms with Gasteiger partial charge in [-0.15, -0.1) is 0 Å². The van der Waals surface area contributed by atoms with Crippen LogP contribution in [0.4, 0.5) is 0 Å². The molecule has 0 unspecified atom stereocenters. The SMILES string of the molecule is [CH2]CN(C)CC(C)C. The van der Waals surface area contributed by atoms with Gasteiger partial charge in [-0.05, 0) is 26.4 Å². The van der Waals surface area contributed by atoms with Crippen molar-refractivity contribution in [2.75, 3.05) is 20.1 Å². The third-order valence-corrected chi connectivity index (χ3v) is 1.06. The summed E-state index contributed by atoms with van der Waals surface area (Å²) in [6.07, 6.45) is 0. The van der Waals surface area contributed by atoms with Crippen molar-refractivity contribution in [3.63, 3.8) is 0 Å². The lowest BCUT2D eigenvalue weighted by Crippen LogP contribution is -2.22. The smallest absolute Gasteiger partial charge is 0.000133 e. The Balaban J connectivity index is 3.10. The molecule has 0 saturated carbocycles. The second kappa shape index (κ2) is 3.90. The zero-order valence-corrected chi connectivity index (χ0v) is 6.15. The average Bonchev–Trinajstić information content (AvgIpc) is 1.65. The maximum absolute atomic E-state index is 3.76. The summed E-state index contributed by atoms with van der Waals surface area (Å²) in [6, 6.07) is 0. The van der Waals surface area contributed by atoms with Gasteiger partial charge < -0.3 is 4.90 Å². The molecule has 0 rings (SSSR count). The molecule has 0 aliphatic rings. The van der Waals surface area contributed by atoms with Gasteiger partial charge in [0.25, 0.3) is 0 Å². The molecule has 0 atom stereocenters. The fourth-order valence-electron chi connectivity index (χ4n) is 0.715. The second-order valence-electron chi connectivity index (χ2n) is 2.66. The molecular formula is C7H16N. The first-order chi connectivity index (χ1) is 3.66. The van der Waals surface area contributed by atoms with Crippen molar-refractivity contribution in [1.82, 2.24) is 4.90 Å². The summed E-state index contributed by atoms with van der Waals surface area (Å²) in [7, 11) is 2.09. The lowest BCUT2D eigenvalue weighted by atomic mass is 10.2. The van der Waals surface area contributed by atoms with E-state index in [1.165, 1.54) is 0 Å². The number of hydrogen-bond donors (Lipinski definition) is 0. The highest BCUT2D eigenvalue weighted by atomic mass is 15.1. The molecule has 0 bridgehead atoms. The number of rotatable bonds is 3. The third-order valence-electron chi connectivity index (χ3n) is 1.06. The number of hydrogen-bond acceptors (Lipinski definition) is 1. The lowest BCUT2D eigenvalue weighted by molar-refractivity contribution is 0.323. The zero-order chi connectivity index (χ0) is 6.57. The minimum atomic E-state index is 0.766. The van der Waals surface area contributed by atoms with Crippen LogP contribution in [0.5, 0.6) is 0 Å². The molecule has 1 heteroatoms. The molecule has 0 aliphatic heterocycles. The normalized spacial score (nSPS) is 11.2. The Kier molecular flexibility index (Phi) is 3.88. The molecule has 1 radical (unpaired) electrons. The van der Waals surface area contributed by atoms with Crippen molar-refractivity contribution in [3.8, 4) is 0 Å². The highest BCUT2D eigenvalue weighted by molar-refractivity contribution is 4.54. The van der Waals surface area contributed by atoms with Gasteiger partial charge >= 0.3 is 0 Å². The Morgan fingerprint density at radius 2 is 2.00 bits per heavy atom. The van der Waals surface area contributed by atoms with Crippen LogP contribution in [0.25, 0.3) is 0 Å². The van der Waals surface area contributed by atoms with E-state index in [0.29, 0.717) is 0 Å². The molecule has 8 heavy (non-hydrogen) atoms. The van der Waals surface area contributed by atoms with Crippen molar-refractivity contribution in [2.45, 2.75) is 13.8 Å². The first kappa shape index (κ1) is 7.96. The van der Waals surface area contributed by atoms with E-state index in [0.717, 1.165) is 19.0 Å². The number of nitrogens with zero attached hydrogens (tertiary/aromatic N) is 1. The minimum Gasteiger partial charge on any atom is -0.306 e. The Bertz CT molecular complexity index is 50.3. The molecule has 0 spiro atoms. The molecule has 0 aromatic rings. The fourth-order valence-corrected chi connectivity index (χ4v) is 0.715. The fraction of sp³-hybridized carbons (Fsp3) is 0.857. The topological polar surface area (TPSA) is 3.24 Å². The second-order valence-corrected chi connectivity index (χ2v) is 2.66. The maximum Gasteiger partial charge on any atom is 0.000133 e. The summed E-state index contributed by atoms with van der Waals surface area (Å²) in [5, 5.41) is 0. The standard InChI is InChI=1S/C7H16N/c1-5-8(4)6-7(2)3/h7H,1,5-6H2,2-4H3. The molecule has 0 heterocycles. The maximum atomic E-state index is 3.76. The first-order valence-corrected chi connectivity index (χ1v) is 3.14. The van der Waals surface area contributed by atoms with Crippen LogP contribution in [0.15, 0.2) is 0 Å². The third kappa shape index (κ3) is 4.13. The van der Waals surface area contributed by atoms with E-state index in [-0.39, 0.29) is 0 Å². The summed E-state index contributed by atoms with van der Waals surface area (Å²) >= 11 is 0. The largest absolute Gasteiger partial charge is 0.306 e. The molecular weight excluding hydrogens is 98.1 g/mol. The molecule has 1 nitrogen and oxygen atoms in total. The summed E-state index contributed by atoms with van der Waals surface area (Å²) in [5.41, 5.74) is 0. The van der Waals surface area contributed by atoms with Crippen LogP contribution in [0.2, 0.25) is 0 Å². The van der Waals surface area contributed by atoms with Crippen molar-refractivity contribution in [3.05, 3.63) is 6.92 Å². The predicted octanol–water partition coefficient (Wildman–Crippen LogP) is 1.41. The first-order valence-electron chi connectivity index (χ1n) is 3.14. The van der Waals surface area contributed by atoms with Crippen LogP contribution in [0.1, 0.15) is 13.8 Å². The van der Waals surface area contributed by atoms with Gasteiger partial charge in [-0.2, -0.15) is 0 Å². The summed E-state index contributed by atoms with van der Waals surface area (Å²) in [6.45, 7) is 10.3. The Morgan fingerprint density at radius 3 is 2.12 bits per heavy atom. The van der Waals surface area contributed by atoms with Gasteiger partial charge in [0.2, 0.25) is 0 Å². The summed E-state index contributed by atoms with van der Waals surface area (Å²) in [5.74, 6) is 0.766. The molecule has 0 N–H and O–H groups in total. The Labute approximate surface area is 52.7 Å². The van der Waals surface area contributed by atoms with Gasteiger partial charge in [0.05, 0.1) is 0 Å². The quantitative estimate of drug-likeness (QED) is 0.536. The van der Waals surface area contributed by atoms with Gasteiger partial charge in [0.1, 0.15) is 0 Å². The van der Waals surface area contributed by atoms with Gasteiger partial charge in [0, 0.05) is 6.54 Å². The van der Waals surface area contributed by atoms with Crippen molar-refractivity contribution in [2.24, 2.45) is 5.92 Å². The van der Waals surface area contributed by atoms with Crippen molar-refractivity contribution < 1.29 is 0 Å². The van der Waals surface area contributed by atoms with E-state index in [4.69, 9.17) is 0 Å². The average molecular weight is 114 g/mol. The Hall–Kier alpha value is -0.0400. The Morgan fingerprint density at radius 1 is 1.50 bits per heavy atom.